The number of hydrogen-bond acceptors (Lipinski definition) is 4. The van der Waals surface area contributed by atoms with Crippen molar-refractivity contribution in [2.45, 2.75) is 26.3 Å². The second-order valence-electron chi connectivity index (χ2n) is 4.75. The van der Waals surface area contributed by atoms with Gasteiger partial charge in [-0.1, -0.05) is 26.0 Å². The molecule has 1 N–H and O–H groups in total. The van der Waals surface area contributed by atoms with Crippen LogP contribution in [0.25, 0.3) is 0 Å². The third kappa shape index (κ3) is 3.78. The van der Waals surface area contributed by atoms with Crippen molar-refractivity contribution in [3.8, 4) is 6.07 Å². The first kappa shape index (κ1) is 14.5. The zero-order valence-corrected chi connectivity index (χ0v) is 13.0. The predicted molar refractivity (Wildman–Crippen MR) is 82.3 cm³/mol. The zero-order chi connectivity index (χ0) is 14.5. The predicted octanol–water partition coefficient (Wildman–Crippen LogP) is 3.85. The third-order valence-electron chi connectivity index (χ3n) is 2.79. The number of anilines is 1. The first-order valence-electron chi connectivity index (χ1n) is 6.36. The van der Waals surface area contributed by atoms with Crippen LogP contribution in [-0.2, 0) is 6.54 Å². The lowest BCUT2D eigenvalue weighted by Crippen LogP contribution is -2.05. The van der Waals surface area contributed by atoms with Gasteiger partial charge < -0.3 is 5.32 Å². The number of benzene rings is 1. The molecular weight excluding hydrogens is 316 g/mol. The van der Waals surface area contributed by atoms with Crippen LogP contribution in [0.3, 0.4) is 0 Å². The first-order chi connectivity index (χ1) is 9.58. The lowest BCUT2D eigenvalue weighted by Gasteiger charge is -2.09. The SMILES string of the molecule is CC(C)c1nc(Br)cc(NCc2ccc(C#N)cc2)n1. The van der Waals surface area contributed by atoms with Gasteiger partial charge in [0, 0.05) is 18.5 Å². The van der Waals surface area contributed by atoms with E-state index < -0.39 is 0 Å². The molecule has 5 heteroatoms. The van der Waals surface area contributed by atoms with Gasteiger partial charge in [0.1, 0.15) is 16.2 Å². The molecule has 0 saturated heterocycles. The van der Waals surface area contributed by atoms with Crippen LogP contribution in [-0.4, -0.2) is 9.97 Å². The summed E-state index contributed by atoms with van der Waals surface area (Å²) in [5.74, 6) is 1.88. The molecule has 0 aliphatic heterocycles. The van der Waals surface area contributed by atoms with Crippen LogP contribution in [0.1, 0.15) is 36.7 Å². The van der Waals surface area contributed by atoms with E-state index in [-0.39, 0.29) is 5.92 Å². The Labute approximate surface area is 127 Å². The van der Waals surface area contributed by atoms with Crippen molar-refractivity contribution < 1.29 is 0 Å². The minimum absolute atomic E-state index is 0.281. The van der Waals surface area contributed by atoms with Gasteiger partial charge in [0.25, 0.3) is 0 Å². The van der Waals surface area contributed by atoms with Crippen LogP contribution in [0.5, 0.6) is 0 Å². The standard InChI is InChI=1S/C15H15BrN4/c1-10(2)15-19-13(16)7-14(20-15)18-9-12-5-3-11(8-17)4-6-12/h3-7,10H,9H2,1-2H3,(H,18,19,20). The molecule has 20 heavy (non-hydrogen) atoms. The summed E-state index contributed by atoms with van der Waals surface area (Å²) in [6, 6.07) is 11.5. The molecule has 0 bridgehead atoms. The maximum atomic E-state index is 8.76. The average molecular weight is 331 g/mol. The van der Waals surface area contributed by atoms with Gasteiger partial charge in [-0.2, -0.15) is 5.26 Å². The molecule has 2 rings (SSSR count). The van der Waals surface area contributed by atoms with E-state index in [1.165, 1.54) is 0 Å². The van der Waals surface area contributed by atoms with Crippen LogP contribution in [0.4, 0.5) is 5.82 Å². The highest BCUT2D eigenvalue weighted by molar-refractivity contribution is 9.10. The molecule has 102 valence electrons. The fourth-order valence-corrected chi connectivity index (χ4v) is 2.07. The fraction of sp³-hybridized carbons (Fsp3) is 0.267. The van der Waals surface area contributed by atoms with Gasteiger partial charge in [0.15, 0.2) is 0 Å². The largest absolute Gasteiger partial charge is 0.366 e. The van der Waals surface area contributed by atoms with Crippen molar-refractivity contribution in [2.75, 3.05) is 5.32 Å². The highest BCUT2D eigenvalue weighted by atomic mass is 79.9. The molecule has 1 heterocycles. The second-order valence-corrected chi connectivity index (χ2v) is 5.56. The Morgan fingerprint density at radius 3 is 2.55 bits per heavy atom. The van der Waals surface area contributed by atoms with Crippen molar-refractivity contribution in [3.05, 3.63) is 51.9 Å². The van der Waals surface area contributed by atoms with Crippen molar-refractivity contribution in [1.82, 2.24) is 9.97 Å². The number of halogens is 1. The van der Waals surface area contributed by atoms with Crippen LogP contribution in [0.2, 0.25) is 0 Å². The Hall–Kier alpha value is -1.93. The number of hydrogen-bond donors (Lipinski definition) is 1. The van der Waals surface area contributed by atoms with E-state index in [0.29, 0.717) is 12.1 Å². The Bertz CT molecular complexity index is 629. The molecule has 0 atom stereocenters. The molecular formula is C15H15BrN4. The summed E-state index contributed by atoms with van der Waals surface area (Å²) in [5.41, 5.74) is 1.77. The molecule has 2 aromatic rings. The van der Waals surface area contributed by atoms with Gasteiger partial charge in [0.2, 0.25) is 0 Å². The smallest absolute Gasteiger partial charge is 0.134 e. The Morgan fingerprint density at radius 2 is 1.95 bits per heavy atom. The van der Waals surface area contributed by atoms with Crippen molar-refractivity contribution in [3.63, 3.8) is 0 Å². The maximum Gasteiger partial charge on any atom is 0.134 e. The molecule has 0 unspecified atom stereocenters. The molecule has 0 aliphatic carbocycles. The van der Waals surface area contributed by atoms with Crippen molar-refractivity contribution in [1.29, 1.82) is 5.26 Å². The first-order valence-corrected chi connectivity index (χ1v) is 7.15. The Kier molecular flexibility index (Phi) is 4.70. The number of nitrogens with zero attached hydrogens (tertiary/aromatic N) is 3. The molecule has 1 aromatic carbocycles. The van der Waals surface area contributed by atoms with Crippen molar-refractivity contribution in [2.24, 2.45) is 0 Å². The van der Waals surface area contributed by atoms with E-state index in [1.807, 2.05) is 30.3 Å². The zero-order valence-electron chi connectivity index (χ0n) is 11.4. The molecule has 1 aromatic heterocycles. The number of aromatic nitrogens is 2. The monoisotopic (exact) mass is 330 g/mol. The maximum absolute atomic E-state index is 8.76. The number of rotatable bonds is 4. The molecule has 0 aliphatic rings. The Balaban J connectivity index is 2.08. The summed E-state index contributed by atoms with van der Waals surface area (Å²) in [6.45, 7) is 4.78. The summed E-state index contributed by atoms with van der Waals surface area (Å²) < 4.78 is 0.776. The average Bonchev–Trinajstić information content (AvgIpc) is 2.45. The molecule has 0 spiro atoms. The lowest BCUT2D eigenvalue weighted by atomic mass is 10.1. The second kappa shape index (κ2) is 6.49. The van der Waals surface area contributed by atoms with E-state index in [4.69, 9.17) is 5.26 Å². The molecule has 0 saturated carbocycles. The van der Waals surface area contributed by atoms with E-state index in [2.05, 4.69) is 51.1 Å². The lowest BCUT2D eigenvalue weighted by molar-refractivity contribution is 0.769. The molecule has 4 nitrogen and oxygen atoms in total. The van der Waals surface area contributed by atoms with Gasteiger partial charge >= 0.3 is 0 Å². The number of nitrogens with one attached hydrogen (secondary N) is 1. The normalized spacial score (nSPS) is 10.3. The van der Waals surface area contributed by atoms with Crippen LogP contribution in [0.15, 0.2) is 34.9 Å². The quantitative estimate of drug-likeness (QED) is 0.865. The van der Waals surface area contributed by atoms with Crippen molar-refractivity contribution >= 4 is 21.7 Å². The van der Waals surface area contributed by atoms with E-state index in [1.54, 1.807) is 0 Å². The Morgan fingerprint density at radius 1 is 1.25 bits per heavy atom. The summed E-state index contributed by atoms with van der Waals surface area (Å²) in [4.78, 5) is 8.82. The van der Waals surface area contributed by atoms with Crippen LogP contribution in [0, 0.1) is 11.3 Å². The van der Waals surface area contributed by atoms with Gasteiger partial charge in [0.05, 0.1) is 11.6 Å². The third-order valence-corrected chi connectivity index (χ3v) is 3.19. The van der Waals surface area contributed by atoms with Crippen LogP contribution < -0.4 is 5.32 Å². The highest BCUT2D eigenvalue weighted by Crippen LogP contribution is 2.18. The number of nitriles is 1. The van der Waals surface area contributed by atoms with Gasteiger partial charge in [-0.3, -0.25) is 0 Å². The topological polar surface area (TPSA) is 61.6 Å². The van der Waals surface area contributed by atoms with Gasteiger partial charge in [-0.15, -0.1) is 0 Å². The molecule has 0 amide bonds. The minimum atomic E-state index is 0.281. The summed E-state index contributed by atoms with van der Waals surface area (Å²) in [7, 11) is 0. The summed E-state index contributed by atoms with van der Waals surface area (Å²) in [6.07, 6.45) is 0. The van der Waals surface area contributed by atoms with Gasteiger partial charge in [-0.05, 0) is 33.6 Å². The van der Waals surface area contributed by atoms with E-state index in [0.717, 1.165) is 21.8 Å². The molecule has 0 radical (unpaired) electrons. The van der Waals surface area contributed by atoms with Crippen LogP contribution >= 0.6 is 15.9 Å². The summed E-state index contributed by atoms with van der Waals surface area (Å²) >= 11 is 3.40. The van der Waals surface area contributed by atoms with E-state index >= 15 is 0 Å². The summed E-state index contributed by atoms with van der Waals surface area (Å²) in [5, 5.41) is 12.0. The fourth-order valence-electron chi connectivity index (χ4n) is 1.67. The van der Waals surface area contributed by atoms with Gasteiger partial charge in [-0.25, -0.2) is 9.97 Å². The van der Waals surface area contributed by atoms with E-state index in [9.17, 15) is 0 Å². The highest BCUT2D eigenvalue weighted by Gasteiger charge is 2.06. The molecule has 0 fully saturated rings. The minimum Gasteiger partial charge on any atom is -0.366 e.